The van der Waals surface area contributed by atoms with Crippen LogP contribution in [0.2, 0.25) is 0 Å². The van der Waals surface area contributed by atoms with E-state index < -0.39 is 28.7 Å². The fourth-order valence-corrected chi connectivity index (χ4v) is 3.99. The number of hydrogen-bond donors (Lipinski definition) is 2. The molecule has 1 aliphatic rings. The second-order valence-electron chi connectivity index (χ2n) is 8.16. The second-order valence-corrected chi connectivity index (χ2v) is 8.16. The third-order valence-corrected chi connectivity index (χ3v) is 5.59. The molecule has 178 valence electrons. The van der Waals surface area contributed by atoms with Crippen molar-refractivity contribution in [3.63, 3.8) is 0 Å². The Bertz CT molecular complexity index is 1530. The quantitative estimate of drug-likeness (QED) is 0.442. The molecule has 0 bridgehead atoms. The van der Waals surface area contributed by atoms with Gasteiger partial charge in [-0.25, -0.2) is 18.2 Å². The van der Waals surface area contributed by atoms with E-state index in [4.69, 9.17) is 4.84 Å². The number of aromatic nitrogens is 3. The number of hydrogen-bond acceptors (Lipinski definition) is 6. The van der Waals surface area contributed by atoms with Gasteiger partial charge in [-0.1, -0.05) is 6.07 Å². The summed E-state index contributed by atoms with van der Waals surface area (Å²) in [6.45, 7) is 3.85. The fraction of sp³-hybridized carbons (Fsp3) is 0.160. The summed E-state index contributed by atoms with van der Waals surface area (Å²) < 4.78 is 44.2. The van der Waals surface area contributed by atoms with Crippen LogP contribution in [0.15, 0.2) is 65.2 Å². The van der Waals surface area contributed by atoms with Crippen LogP contribution in [0.5, 0.6) is 0 Å². The minimum absolute atomic E-state index is 0.00876. The Hall–Kier alpha value is -4.18. The monoisotopic (exact) mass is 479 g/mol. The summed E-state index contributed by atoms with van der Waals surface area (Å²) in [7, 11) is 0. The number of hydroxylamine groups is 1. The van der Waals surface area contributed by atoms with Crippen molar-refractivity contribution >= 4 is 17.0 Å². The largest absolute Gasteiger partial charge is 0.411 e. The second kappa shape index (κ2) is 8.88. The van der Waals surface area contributed by atoms with Crippen LogP contribution < -0.4 is 16.4 Å². The van der Waals surface area contributed by atoms with Crippen LogP contribution in [-0.2, 0) is 4.84 Å². The van der Waals surface area contributed by atoms with Crippen molar-refractivity contribution in [3.05, 3.63) is 93.7 Å². The van der Waals surface area contributed by atoms with E-state index in [9.17, 15) is 18.0 Å². The Morgan fingerprint density at radius 1 is 1.09 bits per heavy atom. The van der Waals surface area contributed by atoms with E-state index in [1.807, 2.05) is 13.0 Å². The number of nitrogens with one attached hydrogen (secondary N) is 2. The lowest BCUT2D eigenvalue weighted by Crippen LogP contribution is -2.22. The maximum atomic E-state index is 14.7. The van der Waals surface area contributed by atoms with Crippen LogP contribution in [0.25, 0.3) is 28.0 Å². The molecule has 0 fully saturated rings. The molecule has 5 rings (SSSR count). The van der Waals surface area contributed by atoms with E-state index in [2.05, 4.69) is 20.8 Å². The minimum Gasteiger partial charge on any atom is -0.411 e. The summed E-state index contributed by atoms with van der Waals surface area (Å²) >= 11 is 0. The van der Waals surface area contributed by atoms with Gasteiger partial charge in [0.2, 0.25) is 5.95 Å². The average Bonchev–Trinajstić information content (AvgIpc) is 3.23. The van der Waals surface area contributed by atoms with Gasteiger partial charge in [-0.05, 0) is 61.9 Å². The summed E-state index contributed by atoms with van der Waals surface area (Å²) in [5, 5.41) is 3.40. The number of rotatable bonds is 5. The standard InChI is InChI=1S/C25H20F3N5O2/c1-13-10-15(26)6-7-17(13)22-18-8-9-21(34)33(23-19(27)4-3-5-20(23)28)24(18)31-25(30-22)29-12-16-11-14(2)32-35-16/h3-11,14,32H,12H2,1-2H3,(H,29,30,31). The highest BCUT2D eigenvalue weighted by Crippen LogP contribution is 2.31. The van der Waals surface area contributed by atoms with Crippen molar-refractivity contribution in [1.29, 1.82) is 0 Å². The van der Waals surface area contributed by atoms with E-state index in [1.54, 1.807) is 13.0 Å². The van der Waals surface area contributed by atoms with Crippen molar-refractivity contribution in [2.75, 3.05) is 11.9 Å². The smallest absolute Gasteiger partial charge is 0.256 e. The maximum absolute atomic E-state index is 14.7. The maximum Gasteiger partial charge on any atom is 0.256 e. The summed E-state index contributed by atoms with van der Waals surface area (Å²) in [4.78, 5) is 27.3. The molecule has 1 aliphatic heterocycles. The molecular formula is C25H20F3N5O2. The van der Waals surface area contributed by atoms with E-state index in [-0.39, 0.29) is 24.2 Å². The van der Waals surface area contributed by atoms with Gasteiger partial charge in [0, 0.05) is 17.0 Å². The Balaban J connectivity index is 1.76. The van der Waals surface area contributed by atoms with E-state index >= 15 is 0 Å². The molecule has 0 saturated carbocycles. The molecule has 0 radical (unpaired) electrons. The van der Waals surface area contributed by atoms with Gasteiger partial charge in [0.1, 0.15) is 28.9 Å². The Morgan fingerprint density at radius 2 is 1.86 bits per heavy atom. The number of aryl methyl sites for hydroxylation is 1. The van der Waals surface area contributed by atoms with E-state index in [0.29, 0.717) is 28.0 Å². The van der Waals surface area contributed by atoms with Crippen LogP contribution in [0.1, 0.15) is 12.5 Å². The summed E-state index contributed by atoms with van der Waals surface area (Å²) in [6, 6.07) is 10.2. The molecule has 3 heterocycles. The van der Waals surface area contributed by atoms with Gasteiger partial charge < -0.3 is 10.2 Å². The lowest BCUT2D eigenvalue weighted by Gasteiger charge is -2.16. The topological polar surface area (TPSA) is 81.1 Å². The molecule has 1 unspecified atom stereocenters. The first-order valence-electron chi connectivity index (χ1n) is 10.8. The lowest BCUT2D eigenvalue weighted by atomic mass is 10.0. The molecule has 4 aromatic rings. The summed E-state index contributed by atoms with van der Waals surface area (Å²) in [5.74, 6) is -1.56. The molecule has 35 heavy (non-hydrogen) atoms. The van der Waals surface area contributed by atoms with Gasteiger partial charge in [-0.15, -0.1) is 0 Å². The predicted molar refractivity (Wildman–Crippen MR) is 125 cm³/mol. The van der Waals surface area contributed by atoms with Crippen molar-refractivity contribution < 1.29 is 18.0 Å². The van der Waals surface area contributed by atoms with Gasteiger partial charge in [-0.3, -0.25) is 9.36 Å². The third kappa shape index (κ3) is 4.24. The van der Waals surface area contributed by atoms with E-state index in [0.717, 1.165) is 16.7 Å². The average molecular weight is 479 g/mol. The SMILES string of the molecule is Cc1cc(F)ccc1-c1nc(NCC2=CC(C)NO2)nc2c1ccc(=O)n2-c1c(F)cccc1F. The Labute approximate surface area is 197 Å². The predicted octanol–water partition coefficient (Wildman–Crippen LogP) is 4.39. The van der Waals surface area contributed by atoms with Gasteiger partial charge in [0.15, 0.2) is 5.65 Å². The fourth-order valence-electron chi connectivity index (χ4n) is 3.99. The Kier molecular flexibility index (Phi) is 5.73. The molecule has 0 amide bonds. The van der Waals surface area contributed by atoms with Gasteiger partial charge >= 0.3 is 0 Å². The Morgan fingerprint density at radius 3 is 2.54 bits per heavy atom. The molecule has 7 nitrogen and oxygen atoms in total. The van der Waals surface area contributed by atoms with Crippen molar-refractivity contribution in [2.24, 2.45) is 0 Å². The zero-order valence-electron chi connectivity index (χ0n) is 18.8. The number of benzene rings is 2. The van der Waals surface area contributed by atoms with Crippen LogP contribution in [-0.4, -0.2) is 27.1 Å². The van der Waals surface area contributed by atoms with Crippen LogP contribution in [0.3, 0.4) is 0 Å². The molecular weight excluding hydrogens is 459 g/mol. The van der Waals surface area contributed by atoms with Crippen molar-refractivity contribution in [3.8, 4) is 16.9 Å². The molecule has 0 aliphatic carbocycles. The number of halogens is 3. The summed E-state index contributed by atoms with van der Waals surface area (Å²) in [6.07, 6.45) is 1.86. The zero-order chi connectivity index (χ0) is 24.7. The lowest BCUT2D eigenvalue weighted by molar-refractivity contribution is 0.120. The minimum atomic E-state index is -0.920. The highest BCUT2D eigenvalue weighted by atomic mass is 19.1. The zero-order valence-corrected chi connectivity index (χ0v) is 18.8. The number of nitrogens with zero attached hydrogens (tertiary/aromatic N) is 3. The highest BCUT2D eigenvalue weighted by molar-refractivity contribution is 5.93. The third-order valence-electron chi connectivity index (χ3n) is 5.59. The first kappa shape index (κ1) is 22.6. The molecule has 0 saturated heterocycles. The first-order valence-corrected chi connectivity index (χ1v) is 10.8. The number of fused-ring (bicyclic) bond motifs is 1. The van der Waals surface area contributed by atoms with E-state index in [1.165, 1.54) is 30.3 Å². The van der Waals surface area contributed by atoms with Gasteiger partial charge in [0.25, 0.3) is 5.56 Å². The first-order chi connectivity index (χ1) is 16.8. The molecule has 2 aromatic carbocycles. The normalized spacial score (nSPS) is 15.2. The van der Waals surface area contributed by atoms with Crippen molar-refractivity contribution in [1.82, 2.24) is 20.0 Å². The van der Waals surface area contributed by atoms with Crippen molar-refractivity contribution in [2.45, 2.75) is 19.9 Å². The van der Waals surface area contributed by atoms with Crippen LogP contribution in [0, 0.1) is 24.4 Å². The highest BCUT2D eigenvalue weighted by Gasteiger charge is 2.21. The van der Waals surface area contributed by atoms with Gasteiger partial charge in [-0.2, -0.15) is 10.5 Å². The van der Waals surface area contributed by atoms with Crippen LogP contribution in [0.4, 0.5) is 19.1 Å². The molecule has 2 N–H and O–H groups in total. The number of para-hydroxylation sites is 1. The molecule has 2 aromatic heterocycles. The van der Waals surface area contributed by atoms with Gasteiger partial charge in [0.05, 0.1) is 18.3 Å². The molecule has 1 atom stereocenters. The number of anilines is 1. The van der Waals surface area contributed by atoms with Crippen LogP contribution >= 0.6 is 0 Å². The molecule has 0 spiro atoms. The summed E-state index contributed by atoms with van der Waals surface area (Å²) in [5.41, 5.74) is 3.10. The molecule has 10 heteroatoms. The number of pyridine rings is 1.